The maximum atomic E-state index is 12.8. The fourth-order valence-corrected chi connectivity index (χ4v) is 4.19. The Kier molecular flexibility index (Phi) is 8.21. The standard InChI is InChI=1S/C24H35N3O4/c1-16(2)13-20(24(30)26-22-17(3)31-15-21(22)28)25-23(29)19-9-7-18(8-10-19)14-27-11-5-4-6-12-27/h7-10,16-17,20,22H,4-6,11-15H2,1-3H3,(H,25,29)(H,26,30)/t17-,20+,22+/m1/s1. The van der Waals surface area contributed by atoms with Crippen molar-refractivity contribution in [1.29, 1.82) is 0 Å². The van der Waals surface area contributed by atoms with Crippen molar-refractivity contribution in [1.82, 2.24) is 15.5 Å². The van der Waals surface area contributed by atoms with Gasteiger partial charge < -0.3 is 15.4 Å². The van der Waals surface area contributed by atoms with E-state index in [1.165, 1.54) is 24.8 Å². The first-order valence-corrected chi connectivity index (χ1v) is 11.4. The van der Waals surface area contributed by atoms with Crippen LogP contribution in [-0.4, -0.2) is 60.4 Å². The van der Waals surface area contributed by atoms with E-state index in [-0.39, 0.29) is 36.2 Å². The number of amides is 2. The van der Waals surface area contributed by atoms with Crippen molar-refractivity contribution in [2.75, 3.05) is 19.7 Å². The third kappa shape index (κ3) is 6.61. The van der Waals surface area contributed by atoms with Gasteiger partial charge in [0.25, 0.3) is 5.91 Å². The molecule has 2 fully saturated rings. The molecule has 0 bridgehead atoms. The van der Waals surface area contributed by atoms with E-state index in [1.807, 2.05) is 38.1 Å². The lowest BCUT2D eigenvalue weighted by molar-refractivity contribution is -0.127. The van der Waals surface area contributed by atoms with Crippen LogP contribution in [0.25, 0.3) is 0 Å². The van der Waals surface area contributed by atoms with Gasteiger partial charge in [-0.05, 0) is 62.9 Å². The summed E-state index contributed by atoms with van der Waals surface area (Å²) in [5, 5.41) is 5.62. The maximum Gasteiger partial charge on any atom is 0.251 e. The number of nitrogens with zero attached hydrogens (tertiary/aromatic N) is 1. The topological polar surface area (TPSA) is 87.7 Å². The third-order valence-electron chi connectivity index (χ3n) is 6.00. The van der Waals surface area contributed by atoms with E-state index < -0.39 is 12.1 Å². The van der Waals surface area contributed by atoms with Crippen molar-refractivity contribution in [3.8, 4) is 0 Å². The lowest BCUT2D eigenvalue weighted by Gasteiger charge is -2.26. The summed E-state index contributed by atoms with van der Waals surface area (Å²) in [5.41, 5.74) is 1.71. The van der Waals surface area contributed by atoms with Crippen molar-refractivity contribution in [2.24, 2.45) is 5.92 Å². The fourth-order valence-electron chi connectivity index (χ4n) is 4.19. The lowest BCUT2D eigenvalue weighted by Crippen LogP contribution is -2.53. The highest BCUT2D eigenvalue weighted by Gasteiger charge is 2.35. The largest absolute Gasteiger partial charge is 0.368 e. The Hall–Kier alpha value is -2.25. The predicted molar refractivity (Wildman–Crippen MR) is 119 cm³/mol. The number of piperidine rings is 1. The van der Waals surface area contributed by atoms with Gasteiger partial charge in [-0.25, -0.2) is 0 Å². The van der Waals surface area contributed by atoms with Crippen molar-refractivity contribution >= 4 is 17.6 Å². The summed E-state index contributed by atoms with van der Waals surface area (Å²) < 4.78 is 5.30. The van der Waals surface area contributed by atoms with Gasteiger partial charge in [-0.3, -0.25) is 19.3 Å². The van der Waals surface area contributed by atoms with Crippen LogP contribution < -0.4 is 10.6 Å². The molecule has 0 aromatic heterocycles. The molecule has 2 heterocycles. The second-order valence-electron chi connectivity index (χ2n) is 9.16. The lowest BCUT2D eigenvalue weighted by atomic mass is 10.0. The molecule has 1 aromatic carbocycles. The first-order chi connectivity index (χ1) is 14.8. The number of carbonyl (C=O) groups excluding carboxylic acids is 3. The smallest absolute Gasteiger partial charge is 0.251 e. The summed E-state index contributed by atoms with van der Waals surface area (Å²) in [6, 6.07) is 6.23. The number of ether oxygens (including phenoxy) is 1. The number of hydrogen-bond acceptors (Lipinski definition) is 5. The quantitative estimate of drug-likeness (QED) is 0.662. The number of hydrogen-bond donors (Lipinski definition) is 2. The van der Waals surface area contributed by atoms with E-state index in [4.69, 9.17) is 4.74 Å². The van der Waals surface area contributed by atoms with Crippen molar-refractivity contribution in [3.05, 3.63) is 35.4 Å². The van der Waals surface area contributed by atoms with Gasteiger partial charge in [0.05, 0.1) is 6.10 Å². The zero-order valence-corrected chi connectivity index (χ0v) is 18.9. The molecule has 1 aromatic rings. The molecular weight excluding hydrogens is 394 g/mol. The van der Waals surface area contributed by atoms with Gasteiger partial charge in [-0.2, -0.15) is 0 Å². The number of ketones is 1. The summed E-state index contributed by atoms with van der Waals surface area (Å²) in [5.74, 6) is -0.567. The third-order valence-corrected chi connectivity index (χ3v) is 6.00. The summed E-state index contributed by atoms with van der Waals surface area (Å²) >= 11 is 0. The Labute approximate surface area is 184 Å². The van der Waals surface area contributed by atoms with Gasteiger partial charge in [-0.15, -0.1) is 0 Å². The molecule has 2 N–H and O–H groups in total. The Morgan fingerprint density at radius 3 is 2.39 bits per heavy atom. The van der Waals surface area contributed by atoms with Gasteiger partial charge >= 0.3 is 0 Å². The highest BCUT2D eigenvalue weighted by Crippen LogP contribution is 2.15. The highest BCUT2D eigenvalue weighted by atomic mass is 16.5. The van der Waals surface area contributed by atoms with E-state index in [0.717, 1.165) is 19.6 Å². The van der Waals surface area contributed by atoms with Crippen LogP contribution in [0.2, 0.25) is 0 Å². The maximum absolute atomic E-state index is 12.8. The van der Waals surface area contributed by atoms with Crippen molar-refractivity contribution in [3.63, 3.8) is 0 Å². The molecule has 0 radical (unpaired) electrons. The minimum atomic E-state index is -0.707. The molecule has 2 aliphatic heterocycles. The van der Waals surface area contributed by atoms with E-state index in [1.54, 1.807) is 6.92 Å². The van der Waals surface area contributed by atoms with Crippen LogP contribution in [0.1, 0.15) is 62.4 Å². The Morgan fingerprint density at radius 2 is 1.81 bits per heavy atom. The van der Waals surface area contributed by atoms with E-state index in [2.05, 4.69) is 15.5 Å². The second-order valence-corrected chi connectivity index (χ2v) is 9.16. The first kappa shape index (κ1) is 23.4. The average molecular weight is 430 g/mol. The van der Waals surface area contributed by atoms with Crippen LogP contribution in [-0.2, 0) is 20.9 Å². The van der Waals surface area contributed by atoms with E-state index in [0.29, 0.717) is 12.0 Å². The number of nitrogens with one attached hydrogen (secondary N) is 2. The molecule has 2 amide bonds. The normalized spacial score (nSPS) is 23.0. The number of likely N-dealkylation sites (tertiary alicyclic amines) is 1. The van der Waals surface area contributed by atoms with Gasteiger partial charge in [0, 0.05) is 12.1 Å². The van der Waals surface area contributed by atoms with Crippen LogP contribution in [0.4, 0.5) is 0 Å². The summed E-state index contributed by atoms with van der Waals surface area (Å²) in [6.07, 6.45) is 3.93. The average Bonchev–Trinajstić information content (AvgIpc) is 3.06. The Balaban J connectivity index is 1.60. The van der Waals surface area contributed by atoms with Crippen LogP contribution in [0.5, 0.6) is 0 Å². The zero-order valence-electron chi connectivity index (χ0n) is 18.9. The summed E-state index contributed by atoms with van der Waals surface area (Å²) in [7, 11) is 0. The molecule has 3 rings (SSSR count). The number of carbonyl (C=O) groups is 3. The van der Waals surface area contributed by atoms with Gasteiger partial charge in [-0.1, -0.05) is 32.4 Å². The van der Waals surface area contributed by atoms with E-state index in [9.17, 15) is 14.4 Å². The fraction of sp³-hybridized carbons (Fsp3) is 0.625. The minimum Gasteiger partial charge on any atom is -0.368 e. The van der Waals surface area contributed by atoms with Gasteiger partial charge in [0.2, 0.25) is 5.91 Å². The zero-order chi connectivity index (χ0) is 22.4. The molecule has 31 heavy (non-hydrogen) atoms. The number of Topliss-reactive ketones (excluding diaryl/α,β-unsaturated/α-hetero) is 1. The molecule has 7 heteroatoms. The van der Waals surface area contributed by atoms with Crippen molar-refractivity contribution in [2.45, 2.75) is 71.2 Å². The summed E-state index contributed by atoms with van der Waals surface area (Å²) in [6.45, 7) is 8.91. The van der Waals surface area contributed by atoms with Crippen LogP contribution in [0.3, 0.4) is 0 Å². The first-order valence-electron chi connectivity index (χ1n) is 11.4. The molecule has 3 atom stereocenters. The second kappa shape index (κ2) is 10.9. The van der Waals surface area contributed by atoms with Crippen molar-refractivity contribution < 1.29 is 19.1 Å². The van der Waals surface area contributed by atoms with Crippen LogP contribution in [0, 0.1) is 5.92 Å². The SMILES string of the molecule is CC(C)C[C@H](NC(=O)c1ccc(CN2CCCCC2)cc1)C(=O)N[C@@H]1C(=O)CO[C@@H]1C. The van der Waals surface area contributed by atoms with Gasteiger partial charge in [0.15, 0.2) is 5.78 Å². The molecule has 7 nitrogen and oxygen atoms in total. The molecule has 0 saturated carbocycles. The van der Waals surface area contributed by atoms with Crippen LogP contribution in [0.15, 0.2) is 24.3 Å². The Morgan fingerprint density at radius 1 is 1.13 bits per heavy atom. The number of rotatable bonds is 8. The highest BCUT2D eigenvalue weighted by molar-refractivity contribution is 5.99. The van der Waals surface area contributed by atoms with Gasteiger partial charge in [0.1, 0.15) is 18.7 Å². The summed E-state index contributed by atoms with van der Waals surface area (Å²) in [4.78, 5) is 40.0. The Bertz CT molecular complexity index is 772. The molecule has 0 aliphatic carbocycles. The monoisotopic (exact) mass is 429 g/mol. The molecular formula is C24H35N3O4. The molecule has 0 unspecified atom stereocenters. The molecule has 0 spiro atoms. The molecule has 170 valence electrons. The van der Waals surface area contributed by atoms with E-state index >= 15 is 0 Å². The minimum absolute atomic E-state index is 0.0110. The van der Waals surface area contributed by atoms with Crippen LogP contribution >= 0.6 is 0 Å². The molecule has 2 saturated heterocycles. The number of benzene rings is 1. The molecule has 2 aliphatic rings. The predicted octanol–water partition coefficient (Wildman–Crippen LogP) is 2.29.